The van der Waals surface area contributed by atoms with E-state index < -0.39 is 28.1 Å². The number of ether oxygens (including phenoxy) is 2. The lowest BCUT2D eigenvalue weighted by atomic mass is 10.1. The lowest BCUT2D eigenvalue weighted by Gasteiger charge is -2.40. The van der Waals surface area contributed by atoms with Gasteiger partial charge in [0.25, 0.3) is 5.56 Å². The first-order valence-corrected chi connectivity index (χ1v) is 13.6. The molecule has 212 valence electrons. The Balaban J connectivity index is 0.00000560. The molecule has 1 aromatic heterocycles. The fourth-order valence-corrected chi connectivity index (χ4v) is 4.50. The van der Waals surface area contributed by atoms with Gasteiger partial charge in [-0.05, 0) is 57.5 Å². The number of aryl methyl sites for hydroxylation is 1. The molecule has 3 rings (SSSR count). The van der Waals surface area contributed by atoms with Crippen LogP contribution in [0, 0.1) is 17.1 Å². The van der Waals surface area contributed by atoms with E-state index in [2.05, 4.69) is 9.71 Å². The monoisotopic (exact) mass is 563 g/mol. The van der Waals surface area contributed by atoms with Crippen molar-refractivity contribution in [1.29, 1.82) is 5.26 Å². The number of aromatic nitrogens is 2. The summed E-state index contributed by atoms with van der Waals surface area (Å²) in [6.45, 7) is 7.57. The molecule has 0 amide bonds. The maximum Gasteiger partial charge on any atom is 0.306 e. The summed E-state index contributed by atoms with van der Waals surface area (Å²) in [5.74, 6) is -1.60. The molecule has 0 aliphatic rings. The van der Waals surface area contributed by atoms with E-state index in [1.807, 2.05) is 6.07 Å². The average Bonchev–Trinajstić information content (AvgIpc) is 2.86. The van der Waals surface area contributed by atoms with Crippen molar-refractivity contribution in [3.05, 3.63) is 58.4 Å². The molecule has 1 heterocycles. The number of hydrogen-bond donors (Lipinski definition) is 3. The van der Waals surface area contributed by atoms with Crippen LogP contribution in [0.5, 0.6) is 11.5 Å². The highest BCUT2D eigenvalue weighted by atomic mass is 32.3. The SMILES string of the molecule is CCN(C)S(O)(O)Nc1ccc(F)c(Oc2ccc3ncn(CCCC(=O)OC(C)(C)C)c(=O)c3c2)c1C#N.[HH]. The highest BCUT2D eigenvalue weighted by Gasteiger charge is 2.23. The van der Waals surface area contributed by atoms with Gasteiger partial charge in [0, 0.05) is 28.0 Å². The van der Waals surface area contributed by atoms with Crippen LogP contribution in [-0.2, 0) is 16.1 Å². The van der Waals surface area contributed by atoms with Crippen LogP contribution in [0.4, 0.5) is 10.1 Å². The van der Waals surface area contributed by atoms with Crippen molar-refractivity contribution in [3.63, 3.8) is 0 Å². The molecule has 0 radical (unpaired) electrons. The summed E-state index contributed by atoms with van der Waals surface area (Å²) < 4.78 is 51.6. The van der Waals surface area contributed by atoms with Crippen molar-refractivity contribution < 1.29 is 29.2 Å². The van der Waals surface area contributed by atoms with Crippen molar-refractivity contribution >= 4 is 33.5 Å². The van der Waals surface area contributed by atoms with Crippen LogP contribution in [0.3, 0.4) is 0 Å². The summed E-state index contributed by atoms with van der Waals surface area (Å²) in [4.78, 5) is 29.3. The smallest absolute Gasteiger partial charge is 0.306 e. The number of nitriles is 1. The molecule has 3 N–H and O–H groups in total. The number of hydrogen-bond acceptors (Lipinski definition) is 10. The molecule has 3 aromatic rings. The van der Waals surface area contributed by atoms with Gasteiger partial charge < -0.3 is 9.47 Å². The Morgan fingerprint density at radius 1 is 1.31 bits per heavy atom. The lowest BCUT2D eigenvalue weighted by molar-refractivity contribution is -0.154. The topological polar surface area (TPSA) is 150 Å². The summed E-state index contributed by atoms with van der Waals surface area (Å²) >= 11 is 0. The van der Waals surface area contributed by atoms with E-state index in [4.69, 9.17) is 9.47 Å². The Hall–Kier alpha value is -3.70. The van der Waals surface area contributed by atoms with Gasteiger partial charge >= 0.3 is 5.97 Å². The predicted octanol–water partition coefficient (Wildman–Crippen LogP) is 5.51. The van der Waals surface area contributed by atoms with E-state index in [1.165, 1.54) is 46.5 Å². The molecule has 11 nitrogen and oxygen atoms in total. The van der Waals surface area contributed by atoms with Crippen LogP contribution in [0.1, 0.15) is 47.5 Å². The number of esters is 1. The van der Waals surface area contributed by atoms with E-state index in [0.717, 1.165) is 6.07 Å². The average molecular weight is 564 g/mol. The number of anilines is 1. The zero-order chi connectivity index (χ0) is 29.0. The first-order valence-electron chi connectivity index (χ1n) is 12.1. The Kier molecular flexibility index (Phi) is 9.18. The minimum absolute atomic E-state index is 0. The molecular weight excluding hydrogens is 529 g/mol. The third-order valence-corrected chi connectivity index (χ3v) is 7.18. The van der Waals surface area contributed by atoms with Gasteiger partial charge in [0.1, 0.15) is 23.0 Å². The number of nitrogens with one attached hydrogen (secondary N) is 1. The van der Waals surface area contributed by atoms with E-state index in [-0.39, 0.29) is 48.3 Å². The number of nitrogens with zero attached hydrogens (tertiary/aromatic N) is 4. The molecule has 0 unspecified atom stereocenters. The Morgan fingerprint density at radius 2 is 2.03 bits per heavy atom. The Morgan fingerprint density at radius 3 is 2.67 bits per heavy atom. The predicted molar refractivity (Wildman–Crippen MR) is 149 cm³/mol. The first-order chi connectivity index (χ1) is 18.3. The fraction of sp³-hybridized carbons (Fsp3) is 0.385. The van der Waals surface area contributed by atoms with Gasteiger partial charge in [-0.15, -0.1) is 0 Å². The van der Waals surface area contributed by atoms with Gasteiger partial charge in [-0.3, -0.25) is 28.0 Å². The fourth-order valence-electron chi connectivity index (χ4n) is 3.52. The van der Waals surface area contributed by atoms with Gasteiger partial charge in [-0.25, -0.2) is 9.37 Å². The Bertz CT molecular complexity index is 1470. The van der Waals surface area contributed by atoms with Crippen molar-refractivity contribution in [2.24, 2.45) is 0 Å². The molecule has 0 aliphatic carbocycles. The van der Waals surface area contributed by atoms with Crippen molar-refractivity contribution in [3.8, 4) is 17.6 Å². The zero-order valence-corrected chi connectivity index (χ0v) is 23.2. The van der Waals surface area contributed by atoms with Gasteiger partial charge in [-0.2, -0.15) is 9.57 Å². The number of carbonyl (C=O) groups excluding carboxylic acids is 1. The second-order valence-corrected chi connectivity index (χ2v) is 11.6. The minimum Gasteiger partial charge on any atom is -0.460 e. The van der Waals surface area contributed by atoms with Gasteiger partial charge in [0.2, 0.25) is 0 Å². The first kappa shape index (κ1) is 29.9. The van der Waals surface area contributed by atoms with Gasteiger partial charge in [0.15, 0.2) is 11.6 Å². The normalized spacial score (nSPS) is 12.3. The van der Waals surface area contributed by atoms with E-state index in [9.17, 15) is 28.3 Å². The third-order valence-electron chi connectivity index (χ3n) is 5.56. The molecule has 0 aliphatic heterocycles. The van der Waals surface area contributed by atoms with Crippen molar-refractivity contribution in [2.45, 2.75) is 52.7 Å². The molecule has 39 heavy (non-hydrogen) atoms. The van der Waals surface area contributed by atoms with E-state index >= 15 is 0 Å². The van der Waals surface area contributed by atoms with E-state index in [0.29, 0.717) is 18.5 Å². The standard InChI is InChI=1S/C26H32FN5O6S.H2/c1-6-31(5)39(35,36)30-22-12-10-20(27)24(19(22)15-28)37-17-9-11-21-18(14-17)25(34)32(16-29-21)13-7-8-23(33)38-26(2,3)4;/h9-12,14,16,30,35-36H,6-8,13H2,1-5H3;1H. The summed E-state index contributed by atoms with van der Waals surface area (Å²) in [6.07, 6.45) is 1.87. The minimum atomic E-state index is -3.49. The molecular formula is C26H34FN5O6S. The molecule has 0 saturated heterocycles. The van der Waals surface area contributed by atoms with Crippen molar-refractivity contribution in [2.75, 3.05) is 18.3 Å². The van der Waals surface area contributed by atoms with Crippen LogP contribution >= 0.6 is 11.0 Å². The summed E-state index contributed by atoms with van der Waals surface area (Å²) in [6, 6.07) is 8.45. The lowest BCUT2D eigenvalue weighted by Crippen LogP contribution is -2.28. The molecule has 2 aromatic carbocycles. The van der Waals surface area contributed by atoms with Gasteiger partial charge in [0.05, 0.1) is 22.9 Å². The molecule has 0 saturated carbocycles. The van der Waals surface area contributed by atoms with Crippen LogP contribution in [0.25, 0.3) is 10.9 Å². The third kappa shape index (κ3) is 7.45. The maximum atomic E-state index is 14.8. The highest BCUT2D eigenvalue weighted by Crippen LogP contribution is 2.44. The van der Waals surface area contributed by atoms with E-state index in [1.54, 1.807) is 27.7 Å². The number of carbonyl (C=O) groups is 1. The highest BCUT2D eigenvalue weighted by molar-refractivity contribution is 8.23. The molecule has 0 atom stereocenters. The molecule has 0 spiro atoms. The molecule has 13 heteroatoms. The molecule has 0 fully saturated rings. The number of benzene rings is 2. The maximum absolute atomic E-state index is 14.8. The quantitative estimate of drug-likeness (QED) is 0.269. The van der Waals surface area contributed by atoms with Crippen molar-refractivity contribution in [1.82, 2.24) is 13.9 Å². The summed E-state index contributed by atoms with van der Waals surface area (Å²) in [7, 11) is -2.01. The second-order valence-electron chi connectivity index (χ2n) is 9.69. The van der Waals surface area contributed by atoms with Crippen LogP contribution < -0.4 is 15.0 Å². The second kappa shape index (κ2) is 12.0. The summed E-state index contributed by atoms with van der Waals surface area (Å²) in [5, 5.41) is 9.92. The van der Waals surface area contributed by atoms with Gasteiger partial charge in [-0.1, -0.05) is 17.9 Å². The van der Waals surface area contributed by atoms with Crippen LogP contribution in [0.2, 0.25) is 0 Å². The zero-order valence-electron chi connectivity index (χ0n) is 22.4. The largest absolute Gasteiger partial charge is 0.460 e. The van der Waals surface area contributed by atoms with Crippen LogP contribution in [0.15, 0.2) is 41.5 Å². The summed E-state index contributed by atoms with van der Waals surface area (Å²) in [5.41, 5.74) is -0.928. The number of fused-ring (bicyclic) bond motifs is 1. The number of rotatable bonds is 10. The number of halogens is 1. The molecule has 0 bridgehead atoms. The Labute approximate surface area is 228 Å². The van der Waals surface area contributed by atoms with Crippen LogP contribution in [-0.4, -0.2) is 48.1 Å².